The molecule has 0 spiro atoms. The summed E-state index contributed by atoms with van der Waals surface area (Å²) in [7, 11) is 0. The third-order valence-corrected chi connectivity index (χ3v) is 2.57. The quantitative estimate of drug-likeness (QED) is 0.377. The van der Waals surface area contributed by atoms with Crippen LogP contribution in [0.3, 0.4) is 0 Å². The second kappa shape index (κ2) is 9.11. The van der Waals surface area contributed by atoms with E-state index in [1.54, 1.807) is 6.08 Å². The van der Waals surface area contributed by atoms with Gasteiger partial charge in [-0.1, -0.05) is 6.08 Å². The summed E-state index contributed by atoms with van der Waals surface area (Å²) in [5.41, 5.74) is 6.40. The maximum atomic E-state index is 5.36. The molecule has 0 fully saturated rings. The number of hydrazine groups is 1. The summed E-state index contributed by atoms with van der Waals surface area (Å²) in [5, 5.41) is 6.79. The summed E-state index contributed by atoms with van der Waals surface area (Å²) in [6.45, 7) is 6.76. The molecule has 0 saturated heterocycles. The van der Waals surface area contributed by atoms with Gasteiger partial charge in [-0.05, 0) is 55.6 Å². The van der Waals surface area contributed by atoms with Gasteiger partial charge in [0.05, 0.1) is 6.61 Å². The minimum absolute atomic E-state index is 0.414. The highest BCUT2D eigenvalue weighted by atomic mass is 32.1. The number of anilines is 1. The molecule has 0 aliphatic carbocycles. The van der Waals surface area contributed by atoms with Crippen molar-refractivity contribution >= 4 is 40.3 Å². The summed E-state index contributed by atoms with van der Waals surface area (Å²) in [4.78, 5) is 0. The molecule has 4 N–H and O–H groups in total. The largest absolute Gasteiger partial charge is 0.494 e. The average Bonchev–Trinajstić information content (AvgIpc) is 2.45. The van der Waals surface area contributed by atoms with Crippen LogP contribution >= 0.6 is 24.4 Å². The van der Waals surface area contributed by atoms with Crippen LogP contribution in [0.4, 0.5) is 5.69 Å². The van der Waals surface area contributed by atoms with Gasteiger partial charge in [-0.3, -0.25) is 10.9 Å². The molecule has 0 saturated carbocycles. The molecule has 1 aromatic carbocycles. The van der Waals surface area contributed by atoms with Crippen molar-refractivity contribution in [1.82, 2.24) is 16.2 Å². The Morgan fingerprint density at radius 2 is 1.85 bits per heavy atom. The molecule has 108 valence electrons. The van der Waals surface area contributed by atoms with E-state index in [0.717, 1.165) is 11.4 Å². The number of hydrogen-bond acceptors (Lipinski definition) is 3. The van der Waals surface area contributed by atoms with Gasteiger partial charge < -0.3 is 15.4 Å². The summed E-state index contributed by atoms with van der Waals surface area (Å²) in [5.74, 6) is 0.824. The van der Waals surface area contributed by atoms with E-state index in [-0.39, 0.29) is 0 Å². The molecule has 0 bridgehead atoms. The maximum absolute atomic E-state index is 5.36. The molecule has 7 heteroatoms. The molecule has 0 unspecified atom stereocenters. The van der Waals surface area contributed by atoms with E-state index in [1.165, 1.54) is 0 Å². The minimum atomic E-state index is 0.414. The molecule has 0 aromatic heterocycles. The van der Waals surface area contributed by atoms with Crippen molar-refractivity contribution in [3.05, 3.63) is 36.9 Å². The van der Waals surface area contributed by atoms with E-state index in [1.807, 2.05) is 31.2 Å². The fourth-order valence-corrected chi connectivity index (χ4v) is 1.59. The monoisotopic (exact) mass is 310 g/mol. The second-order valence-electron chi connectivity index (χ2n) is 3.66. The molecule has 0 aliphatic rings. The lowest BCUT2D eigenvalue weighted by atomic mass is 10.3. The summed E-state index contributed by atoms with van der Waals surface area (Å²) < 4.78 is 5.36. The van der Waals surface area contributed by atoms with Crippen LogP contribution in [0.1, 0.15) is 6.92 Å². The van der Waals surface area contributed by atoms with Crippen molar-refractivity contribution < 1.29 is 4.74 Å². The highest BCUT2D eigenvalue weighted by Crippen LogP contribution is 2.15. The van der Waals surface area contributed by atoms with Crippen molar-refractivity contribution in [3.63, 3.8) is 0 Å². The van der Waals surface area contributed by atoms with Gasteiger partial charge in [0.15, 0.2) is 10.2 Å². The Hall–Kier alpha value is -1.86. The zero-order valence-corrected chi connectivity index (χ0v) is 12.9. The van der Waals surface area contributed by atoms with Crippen LogP contribution in [0.2, 0.25) is 0 Å². The first-order chi connectivity index (χ1) is 9.65. The molecule has 0 radical (unpaired) electrons. The predicted octanol–water partition coefficient (Wildman–Crippen LogP) is 1.94. The Bertz CT molecular complexity index is 462. The van der Waals surface area contributed by atoms with Gasteiger partial charge in [0.25, 0.3) is 0 Å². The third-order valence-electron chi connectivity index (χ3n) is 2.12. The van der Waals surface area contributed by atoms with Gasteiger partial charge >= 0.3 is 0 Å². The van der Waals surface area contributed by atoms with Gasteiger partial charge in [-0.25, -0.2) is 0 Å². The number of ether oxygens (including phenoxy) is 1. The molecule has 1 aromatic rings. The van der Waals surface area contributed by atoms with E-state index in [2.05, 4.69) is 28.1 Å². The Morgan fingerprint density at radius 1 is 1.20 bits per heavy atom. The number of nitrogens with one attached hydrogen (secondary N) is 4. The van der Waals surface area contributed by atoms with Crippen molar-refractivity contribution in [3.8, 4) is 5.75 Å². The van der Waals surface area contributed by atoms with Gasteiger partial charge in [0.2, 0.25) is 0 Å². The van der Waals surface area contributed by atoms with Gasteiger partial charge in [-0.15, -0.1) is 6.58 Å². The standard InChI is InChI=1S/C13H18N4OS2/c1-3-9-14-12(19)16-17-13(20)15-10-5-7-11(8-6-10)18-4-2/h3,5-8H,1,4,9H2,2H3,(H2,14,16,19)(H2,15,17,20). The first-order valence-corrected chi connectivity index (χ1v) is 6.92. The van der Waals surface area contributed by atoms with E-state index in [0.29, 0.717) is 23.4 Å². The molecule has 0 amide bonds. The van der Waals surface area contributed by atoms with E-state index >= 15 is 0 Å². The molecule has 1 rings (SSSR count). The Morgan fingerprint density at radius 3 is 2.45 bits per heavy atom. The van der Waals surface area contributed by atoms with E-state index < -0.39 is 0 Å². The molecular formula is C13H18N4OS2. The van der Waals surface area contributed by atoms with E-state index in [9.17, 15) is 0 Å². The van der Waals surface area contributed by atoms with Crippen LogP contribution in [-0.4, -0.2) is 23.4 Å². The SMILES string of the molecule is C=CCNC(=S)NNC(=S)Nc1ccc(OCC)cc1. The van der Waals surface area contributed by atoms with Crippen molar-refractivity contribution in [2.75, 3.05) is 18.5 Å². The van der Waals surface area contributed by atoms with Crippen molar-refractivity contribution in [1.29, 1.82) is 0 Å². The predicted molar refractivity (Wildman–Crippen MR) is 90.9 cm³/mol. The van der Waals surface area contributed by atoms with Crippen LogP contribution in [0, 0.1) is 0 Å². The van der Waals surface area contributed by atoms with E-state index in [4.69, 9.17) is 29.2 Å². The third kappa shape index (κ3) is 6.35. The number of thiocarbonyl (C=S) groups is 2. The van der Waals surface area contributed by atoms with Crippen LogP contribution in [0.25, 0.3) is 0 Å². The van der Waals surface area contributed by atoms with Gasteiger partial charge in [0, 0.05) is 12.2 Å². The number of hydrogen-bond donors (Lipinski definition) is 4. The zero-order valence-electron chi connectivity index (χ0n) is 11.2. The fraction of sp³-hybridized carbons (Fsp3) is 0.231. The molecule has 0 heterocycles. The molecule has 0 aliphatic heterocycles. The lowest BCUT2D eigenvalue weighted by molar-refractivity contribution is 0.340. The summed E-state index contributed by atoms with van der Waals surface area (Å²) in [6, 6.07) is 7.51. The zero-order chi connectivity index (χ0) is 14.8. The lowest BCUT2D eigenvalue weighted by Gasteiger charge is -2.13. The molecular weight excluding hydrogens is 292 g/mol. The van der Waals surface area contributed by atoms with Crippen LogP contribution in [0.15, 0.2) is 36.9 Å². The Labute approximate surface area is 129 Å². The molecule has 5 nitrogen and oxygen atoms in total. The maximum Gasteiger partial charge on any atom is 0.189 e. The second-order valence-corrected chi connectivity index (χ2v) is 4.48. The topological polar surface area (TPSA) is 57.3 Å². The van der Waals surface area contributed by atoms with Gasteiger partial charge in [-0.2, -0.15) is 0 Å². The first kappa shape index (κ1) is 16.2. The summed E-state index contributed by atoms with van der Waals surface area (Å²) in [6.07, 6.45) is 1.71. The van der Waals surface area contributed by atoms with Crippen LogP contribution in [-0.2, 0) is 0 Å². The Kier molecular flexibility index (Phi) is 7.38. The highest BCUT2D eigenvalue weighted by molar-refractivity contribution is 7.80. The number of rotatable bonds is 5. The first-order valence-electron chi connectivity index (χ1n) is 6.10. The van der Waals surface area contributed by atoms with Gasteiger partial charge in [0.1, 0.15) is 5.75 Å². The van der Waals surface area contributed by atoms with Crippen molar-refractivity contribution in [2.45, 2.75) is 6.92 Å². The fourth-order valence-electron chi connectivity index (χ4n) is 1.29. The minimum Gasteiger partial charge on any atom is -0.494 e. The Balaban J connectivity index is 2.34. The highest BCUT2D eigenvalue weighted by Gasteiger charge is 1.99. The van der Waals surface area contributed by atoms with Crippen molar-refractivity contribution in [2.24, 2.45) is 0 Å². The smallest absolute Gasteiger partial charge is 0.189 e. The number of benzene rings is 1. The van der Waals surface area contributed by atoms with Crippen LogP contribution in [0.5, 0.6) is 5.75 Å². The normalized spacial score (nSPS) is 9.25. The molecule has 0 atom stereocenters. The average molecular weight is 310 g/mol. The lowest BCUT2D eigenvalue weighted by Crippen LogP contribution is -2.48. The summed E-state index contributed by atoms with van der Waals surface area (Å²) >= 11 is 10.1. The van der Waals surface area contributed by atoms with Crippen LogP contribution < -0.4 is 26.2 Å². The molecule has 20 heavy (non-hydrogen) atoms.